The van der Waals surface area contributed by atoms with Gasteiger partial charge in [-0.25, -0.2) is 4.39 Å². The molecule has 1 aromatic rings. The van der Waals surface area contributed by atoms with Crippen LogP contribution in [0.25, 0.3) is 0 Å². The van der Waals surface area contributed by atoms with Crippen LogP contribution < -0.4 is 5.32 Å². The summed E-state index contributed by atoms with van der Waals surface area (Å²) in [7, 11) is 0. The summed E-state index contributed by atoms with van der Waals surface area (Å²) in [5.41, 5.74) is 2.14. The first-order chi connectivity index (χ1) is 7.13. The molecule has 5 heteroatoms. The first-order valence-corrected chi connectivity index (χ1v) is 5.83. The maximum atomic E-state index is 12.9. The van der Waals surface area contributed by atoms with Crippen molar-refractivity contribution in [3.05, 3.63) is 44.6 Å². The zero-order chi connectivity index (χ0) is 11.3. The third-order valence-electron chi connectivity index (χ3n) is 1.74. The second kappa shape index (κ2) is 6.48. The minimum Gasteiger partial charge on any atom is -0.308 e. The molecule has 0 heterocycles. The largest absolute Gasteiger partial charge is 0.308 e. The molecule has 0 fully saturated rings. The lowest BCUT2D eigenvalue weighted by molar-refractivity contribution is 0.622. The number of hydrogen-bond acceptors (Lipinski definition) is 1. The quantitative estimate of drug-likeness (QED) is 0.886. The van der Waals surface area contributed by atoms with Crippen molar-refractivity contribution in [2.24, 2.45) is 0 Å². The molecule has 82 valence electrons. The third kappa shape index (κ3) is 4.51. The summed E-state index contributed by atoms with van der Waals surface area (Å²) in [5.74, 6) is -0.256. The second-order valence-electron chi connectivity index (χ2n) is 2.90. The van der Waals surface area contributed by atoms with Crippen molar-refractivity contribution in [2.45, 2.75) is 6.54 Å². The van der Waals surface area contributed by atoms with Crippen molar-refractivity contribution < 1.29 is 4.39 Å². The highest BCUT2D eigenvalue weighted by Gasteiger charge is 2.01. The highest BCUT2D eigenvalue weighted by atomic mass is 79.9. The molecule has 1 nitrogen and oxygen atoms in total. The van der Waals surface area contributed by atoms with Crippen LogP contribution in [0, 0.1) is 5.82 Å². The van der Waals surface area contributed by atoms with E-state index in [2.05, 4.69) is 21.2 Å². The average molecular weight is 313 g/mol. The van der Waals surface area contributed by atoms with Gasteiger partial charge >= 0.3 is 0 Å². The summed E-state index contributed by atoms with van der Waals surface area (Å²) < 4.78 is 13.8. The third-order valence-corrected chi connectivity index (χ3v) is 3.13. The van der Waals surface area contributed by atoms with Crippen molar-refractivity contribution in [1.82, 2.24) is 5.32 Å². The second-order valence-corrected chi connectivity index (χ2v) is 4.45. The topological polar surface area (TPSA) is 12.0 Å². The van der Waals surface area contributed by atoms with E-state index >= 15 is 0 Å². The number of rotatable bonds is 4. The van der Waals surface area contributed by atoms with Crippen molar-refractivity contribution in [3.8, 4) is 0 Å². The Morgan fingerprint density at radius 1 is 1.53 bits per heavy atom. The first-order valence-electron chi connectivity index (χ1n) is 4.23. The van der Waals surface area contributed by atoms with E-state index in [1.165, 1.54) is 17.7 Å². The summed E-state index contributed by atoms with van der Waals surface area (Å²) in [6.07, 6.45) is 0. The van der Waals surface area contributed by atoms with Gasteiger partial charge in [0.1, 0.15) is 5.82 Å². The van der Waals surface area contributed by atoms with Crippen LogP contribution in [0.15, 0.2) is 33.2 Å². The summed E-state index contributed by atoms with van der Waals surface area (Å²) in [6.45, 7) is 0.993. The Labute approximate surface area is 106 Å². The van der Waals surface area contributed by atoms with Gasteiger partial charge in [-0.2, -0.15) is 0 Å². The van der Waals surface area contributed by atoms with E-state index in [0.29, 0.717) is 18.1 Å². The Morgan fingerprint density at radius 2 is 2.27 bits per heavy atom. The van der Waals surface area contributed by atoms with E-state index in [9.17, 15) is 4.39 Å². The van der Waals surface area contributed by atoms with Gasteiger partial charge in [0, 0.05) is 28.1 Å². The molecular formula is C10H9BrCl2FN. The molecule has 0 aliphatic heterocycles. The van der Waals surface area contributed by atoms with E-state index in [4.69, 9.17) is 23.2 Å². The Morgan fingerprint density at radius 3 is 2.93 bits per heavy atom. The lowest BCUT2D eigenvalue weighted by atomic mass is 10.2. The first kappa shape index (κ1) is 13.0. The van der Waals surface area contributed by atoms with E-state index in [1.807, 2.05) is 0 Å². The summed E-state index contributed by atoms with van der Waals surface area (Å²) in [6, 6.07) is 4.54. The fourth-order valence-electron chi connectivity index (χ4n) is 1.03. The molecule has 1 aromatic carbocycles. The van der Waals surface area contributed by atoms with Crippen molar-refractivity contribution in [2.75, 3.05) is 6.54 Å². The van der Waals surface area contributed by atoms with Crippen LogP contribution in [0.5, 0.6) is 0 Å². The SMILES string of the molecule is Fc1ccc(Br)c(CNCC(Cl)=CCl)c1. The van der Waals surface area contributed by atoms with Crippen molar-refractivity contribution in [1.29, 1.82) is 0 Å². The molecule has 1 N–H and O–H groups in total. The number of halogens is 4. The molecule has 0 atom stereocenters. The van der Waals surface area contributed by atoms with E-state index < -0.39 is 0 Å². The van der Waals surface area contributed by atoms with Crippen LogP contribution >= 0.6 is 39.1 Å². The zero-order valence-corrected chi connectivity index (χ0v) is 10.8. The number of benzene rings is 1. The van der Waals surface area contributed by atoms with Crippen LogP contribution in [0.3, 0.4) is 0 Å². The van der Waals surface area contributed by atoms with E-state index in [1.54, 1.807) is 6.07 Å². The Balaban J connectivity index is 2.54. The lowest BCUT2D eigenvalue weighted by Crippen LogP contribution is -2.15. The number of hydrogen-bond donors (Lipinski definition) is 1. The van der Waals surface area contributed by atoms with Gasteiger partial charge in [-0.05, 0) is 23.8 Å². The molecule has 0 amide bonds. The van der Waals surface area contributed by atoms with Gasteiger partial charge in [-0.15, -0.1) is 0 Å². The molecule has 0 spiro atoms. The van der Waals surface area contributed by atoms with Crippen molar-refractivity contribution in [3.63, 3.8) is 0 Å². The molecule has 0 saturated carbocycles. The van der Waals surface area contributed by atoms with Gasteiger partial charge in [0.25, 0.3) is 0 Å². The van der Waals surface area contributed by atoms with Gasteiger partial charge in [-0.1, -0.05) is 39.1 Å². The standard InChI is InChI=1S/C10H9BrCl2FN/c11-10-2-1-9(14)3-7(10)5-15-6-8(13)4-12/h1-4,15H,5-6H2. The summed E-state index contributed by atoms with van der Waals surface area (Å²) in [5, 5.41) is 3.56. The highest BCUT2D eigenvalue weighted by Crippen LogP contribution is 2.17. The predicted octanol–water partition coefficient (Wildman–Crippen LogP) is 4.00. The summed E-state index contributed by atoms with van der Waals surface area (Å²) in [4.78, 5) is 0. The van der Waals surface area contributed by atoms with Crippen LogP contribution in [-0.2, 0) is 6.54 Å². The molecule has 0 saturated heterocycles. The smallest absolute Gasteiger partial charge is 0.123 e. The van der Waals surface area contributed by atoms with Crippen LogP contribution in [-0.4, -0.2) is 6.54 Å². The molecule has 0 unspecified atom stereocenters. The summed E-state index contributed by atoms with van der Waals surface area (Å²) >= 11 is 14.4. The monoisotopic (exact) mass is 311 g/mol. The Bertz CT molecular complexity index is 368. The Kier molecular flexibility index (Phi) is 5.61. The predicted molar refractivity (Wildman–Crippen MR) is 65.6 cm³/mol. The highest BCUT2D eigenvalue weighted by molar-refractivity contribution is 9.10. The van der Waals surface area contributed by atoms with Gasteiger partial charge in [-0.3, -0.25) is 0 Å². The molecule has 1 rings (SSSR count). The normalized spacial score (nSPS) is 11.9. The van der Waals surface area contributed by atoms with Gasteiger partial charge in [0.2, 0.25) is 0 Å². The fourth-order valence-corrected chi connectivity index (χ4v) is 1.59. The minimum absolute atomic E-state index is 0.256. The molecule has 0 radical (unpaired) electrons. The van der Waals surface area contributed by atoms with E-state index in [0.717, 1.165) is 10.0 Å². The molecule has 0 aromatic heterocycles. The maximum Gasteiger partial charge on any atom is 0.123 e. The molecule has 0 aliphatic carbocycles. The van der Waals surface area contributed by atoms with Gasteiger partial charge in [0.05, 0.1) is 0 Å². The van der Waals surface area contributed by atoms with Gasteiger partial charge in [0.15, 0.2) is 0 Å². The van der Waals surface area contributed by atoms with Crippen LogP contribution in [0.1, 0.15) is 5.56 Å². The average Bonchev–Trinajstić information content (AvgIpc) is 2.23. The maximum absolute atomic E-state index is 12.9. The fraction of sp³-hybridized carbons (Fsp3) is 0.200. The van der Waals surface area contributed by atoms with E-state index in [-0.39, 0.29) is 5.82 Å². The van der Waals surface area contributed by atoms with Crippen LogP contribution in [0.4, 0.5) is 4.39 Å². The molecule has 0 aliphatic rings. The lowest BCUT2D eigenvalue weighted by Gasteiger charge is -2.06. The van der Waals surface area contributed by atoms with Crippen LogP contribution in [0.2, 0.25) is 0 Å². The number of nitrogens with one attached hydrogen (secondary N) is 1. The molecule has 15 heavy (non-hydrogen) atoms. The molecule has 0 bridgehead atoms. The van der Waals surface area contributed by atoms with Gasteiger partial charge < -0.3 is 5.32 Å². The van der Waals surface area contributed by atoms with Crippen molar-refractivity contribution >= 4 is 39.1 Å². The zero-order valence-electron chi connectivity index (χ0n) is 7.74. The Hall–Kier alpha value is -0.0900. The molecular weight excluding hydrogens is 304 g/mol. The minimum atomic E-state index is -0.256.